The fourth-order valence-electron chi connectivity index (χ4n) is 9.11. The summed E-state index contributed by atoms with van der Waals surface area (Å²) in [5.74, 6) is -5.81. The third kappa shape index (κ3) is 6.76. The molecule has 1 saturated heterocycles. The van der Waals surface area contributed by atoms with Crippen LogP contribution in [0, 0.1) is 16.7 Å². The monoisotopic (exact) mass is 761 g/mol. The zero-order valence-corrected chi connectivity index (χ0v) is 32.2. The van der Waals surface area contributed by atoms with Gasteiger partial charge in [-0.15, -0.1) is 0 Å². The molecule has 3 fully saturated rings. The van der Waals surface area contributed by atoms with Crippen LogP contribution in [0.4, 0.5) is 0 Å². The molecule has 53 heavy (non-hydrogen) atoms. The lowest BCUT2D eigenvalue weighted by Crippen LogP contribution is -2.81. The van der Waals surface area contributed by atoms with E-state index < -0.39 is 115 Å². The summed E-state index contributed by atoms with van der Waals surface area (Å²) in [5.41, 5.74) is -6.99. The third-order valence-electron chi connectivity index (χ3n) is 11.9. The smallest absolute Gasteiger partial charge is 0.338 e. The summed E-state index contributed by atoms with van der Waals surface area (Å²) in [6.45, 7) is 11.0. The number of rotatable bonds is 9. The second kappa shape index (κ2) is 14.0. The first-order valence-corrected chi connectivity index (χ1v) is 20.9. The topological polar surface area (TPSA) is 235 Å². The van der Waals surface area contributed by atoms with Crippen molar-refractivity contribution in [2.45, 2.75) is 127 Å². The van der Waals surface area contributed by atoms with Crippen molar-refractivity contribution >= 4 is 37.9 Å². The van der Waals surface area contributed by atoms with E-state index in [0.29, 0.717) is 5.56 Å². The van der Waals surface area contributed by atoms with E-state index in [1.54, 1.807) is 43.4 Å². The van der Waals surface area contributed by atoms with Gasteiger partial charge in [-0.3, -0.25) is 19.2 Å². The Morgan fingerprint density at radius 2 is 1.66 bits per heavy atom. The van der Waals surface area contributed by atoms with Gasteiger partial charge in [0.2, 0.25) is 5.91 Å². The van der Waals surface area contributed by atoms with Crippen molar-refractivity contribution in [2.75, 3.05) is 6.61 Å². The molecule has 1 aromatic rings. The summed E-state index contributed by atoms with van der Waals surface area (Å²) in [7, 11) is -2.89. The highest BCUT2D eigenvalue weighted by Gasteiger charge is 2.77. The highest BCUT2D eigenvalue weighted by Crippen LogP contribution is 2.63. The van der Waals surface area contributed by atoms with Gasteiger partial charge in [0, 0.05) is 44.1 Å². The molecule has 1 heterocycles. The van der Waals surface area contributed by atoms with E-state index in [2.05, 4.69) is 5.32 Å². The minimum Gasteiger partial charge on any atom is -0.456 e. The van der Waals surface area contributed by atoms with Gasteiger partial charge >= 0.3 is 17.9 Å². The van der Waals surface area contributed by atoms with Crippen molar-refractivity contribution in [3.05, 3.63) is 47.0 Å². The molecule has 0 unspecified atom stereocenters. The Hall–Kier alpha value is -3.51. The van der Waals surface area contributed by atoms with Crippen LogP contribution < -0.4 is 5.32 Å². The molecule has 16 heteroatoms. The predicted octanol–water partition coefficient (Wildman–Crippen LogP) is 0.755. The number of carbonyl (C=O) groups is 5. The number of ether oxygens (including phenoxy) is 4. The summed E-state index contributed by atoms with van der Waals surface area (Å²) < 4.78 is 23.1. The average Bonchev–Trinajstić information content (AvgIpc) is 3.04. The minimum absolute atomic E-state index is 0.0150. The second-order valence-electron chi connectivity index (χ2n) is 16.3. The molecule has 1 aromatic carbocycles. The van der Waals surface area contributed by atoms with Crippen molar-refractivity contribution < 1.29 is 68.1 Å². The van der Waals surface area contributed by atoms with E-state index in [9.17, 15) is 49.2 Å². The quantitative estimate of drug-likeness (QED) is 0.0883. The number of fused-ring (bicyclic) bond motifs is 5. The molecule has 2 saturated carbocycles. The molecule has 15 nitrogen and oxygen atoms in total. The molecule has 11 atom stereocenters. The van der Waals surface area contributed by atoms with E-state index in [1.807, 2.05) is 0 Å². The molecule has 0 aromatic heterocycles. The number of amides is 1. The Bertz CT molecular complexity index is 1690. The van der Waals surface area contributed by atoms with Gasteiger partial charge in [-0.1, -0.05) is 44.2 Å². The number of aliphatic hydroxyl groups excluding tert-OH is 3. The van der Waals surface area contributed by atoms with Gasteiger partial charge in [-0.2, -0.15) is 0 Å². The summed E-state index contributed by atoms with van der Waals surface area (Å²) >= 11 is 0. The summed E-state index contributed by atoms with van der Waals surface area (Å²) in [5, 5.41) is 51.1. The summed E-state index contributed by atoms with van der Waals surface area (Å²) in [6.07, 6.45) is -10.3. The summed E-state index contributed by atoms with van der Waals surface area (Å²) in [6, 6.07) is 6.61. The Morgan fingerprint density at radius 1 is 1.04 bits per heavy atom. The van der Waals surface area contributed by atoms with Crippen molar-refractivity contribution in [3.63, 3.8) is 0 Å². The maximum atomic E-state index is 14.9. The van der Waals surface area contributed by atoms with Crippen LogP contribution in [0.25, 0.3) is 0 Å². The molecule has 0 spiro atoms. The van der Waals surface area contributed by atoms with Gasteiger partial charge in [0.1, 0.15) is 17.8 Å². The first-order valence-electron chi connectivity index (χ1n) is 17.7. The van der Waals surface area contributed by atoms with E-state index in [1.165, 1.54) is 27.7 Å². The number of nitrogens with one attached hydrogen (secondary N) is 1. The van der Waals surface area contributed by atoms with E-state index in [-0.39, 0.29) is 30.2 Å². The predicted molar refractivity (Wildman–Crippen MR) is 187 cm³/mol. The normalized spacial score (nSPS) is 35.9. The molecular formula is C37H51NO14Si. The van der Waals surface area contributed by atoms with Crippen LogP contribution in [0.15, 0.2) is 41.5 Å². The Labute approximate surface area is 308 Å². The molecule has 3 aliphatic carbocycles. The lowest BCUT2D eigenvalue weighted by atomic mass is 9.44. The van der Waals surface area contributed by atoms with Gasteiger partial charge in [0.25, 0.3) is 0 Å². The summed E-state index contributed by atoms with van der Waals surface area (Å²) in [4.78, 5) is 77.3. The number of hydrogen-bond acceptors (Lipinski definition) is 14. The molecule has 2 bridgehead atoms. The fourth-order valence-corrected chi connectivity index (χ4v) is 9.99. The molecule has 4 aliphatic rings. The second-order valence-corrected chi connectivity index (χ2v) is 20.3. The molecule has 292 valence electrons. The van der Waals surface area contributed by atoms with Crippen LogP contribution in [0.1, 0.15) is 66.0 Å². The first-order chi connectivity index (χ1) is 24.4. The maximum Gasteiger partial charge on any atom is 0.338 e. The van der Waals surface area contributed by atoms with Gasteiger partial charge in [0.15, 0.2) is 31.9 Å². The van der Waals surface area contributed by atoms with Crippen LogP contribution in [0.3, 0.4) is 0 Å². The van der Waals surface area contributed by atoms with Crippen molar-refractivity contribution in [1.29, 1.82) is 0 Å². The number of benzene rings is 1. The van der Waals surface area contributed by atoms with Crippen LogP contribution in [0.2, 0.25) is 19.1 Å². The number of carbonyl (C=O) groups excluding carboxylic acids is 5. The lowest BCUT2D eigenvalue weighted by Gasteiger charge is -2.67. The molecule has 1 amide bonds. The molecule has 1 aliphatic heterocycles. The Balaban J connectivity index is 1.62. The number of aliphatic hydroxyl groups is 4. The van der Waals surface area contributed by atoms with Crippen molar-refractivity contribution in [3.8, 4) is 0 Å². The van der Waals surface area contributed by atoms with E-state index >= 15 is 0 Å². The highest BCUT2D eigenvalue weighted by atomic mass is 28.4. The van der Waals surface area contributed by atoms with Gasteiger partial charge in [-0.05, 0) is 43.7 Å². The fraction of sp³-hybridized carbons (Fsp3) is 0.649. The zero-order chi connectivity index (χ0) is 39.6. The maximum absolute atomic E-state index is 14.9. The molecule has 5 rings (SSSR count). The average molecular weight is 762 g/mol. The van der Waals surface area contributed by atoms with Gasteiger partial charge < -0.3 is 49.5 Å². The van der Waals surface area contributed by atoms with E-state index in [4.69, 9.17) is 18.9 Å². The lowest BCUT2D eigenvalue weighted by molar-refractivity contribution is -0.346. The van der Waals surface area contributed by atoms with Gasteiger partial charge in [-0.25, -0.2) is 4.79 Å². The molecule has 6 N–H and O–H groups in total. The zero-order valence-electron chi connectivity index (χ0n) is 31.2. The van der Waals surface area contributed by atoms with Crippen molar-refractivity contribution in [2.24, 2.45) is 16.7 Å². The minimum atomic E-state index is -2.89. The van der Waals surface area contributed by atoms with E-state index in [0.717, 1.165) is 13.8 Å². The third-order valence-corrected chi connectivity index (χ3v) is 13.0. The first kappa shape index (κ1) is 40.7. The number of Topliss-reactive ketones (excluding diaryl/α,β-unsaturated/α-hetero) is 1. The SMILES string of the molecule is CC(=O)O[C@H]1C(=O)[C@@]2(C)[C@H]([C@H](O)[C@]3(O)C[C@H](OC(=O)[C@H](O)[C@@H](NC(=O)C[Si](C)(C)O)c4ccccc4)C(C)=C1C3(C)C)[C@]1(OC(C)=O)CO[C@@H]1C[C@@H]2O. The van der Waals surface area contributed by atoms with Crippen molar-refractivity contribution in [1.82, 2.24) is 5.32 Å². The van der Waals surface area contributed by atoms with Crippen LogP contribution in [0.5, 0.6) is 0 Å². The van der Waals surface area contributed by atoms with Crippen LogP contribution in [-0.2, 0) is 42.9 Å². The standard InChI is InChI=1S/C37H51NO14Si/c1-18-22(51-33(46)28(43)27(21-12-10-9-11-13-21)38-25(42)16-53(7,8)48)15-37(47)32(45)30-35(6,23(41)14-24-36(30,17-49-24)52-20(3)40)31(44)29(50-19(2)39)26(18)34(37,4)5/h9-13,22-24,27-30,32,41,43,45,47-48H,14-17H2,1-8H3,(H,38,42)/t22-,23-,24+,27-,28+,29+,30-,32-,35+,36-,37+/m0/s1. The van der Waals surface area contributed by atoms with Gasteiger partial charge in [0.05, 0.1) is 30.3 Å². The number of ketones is 1. The largest absolute Gasteiger partial charge is 0.456 e. The number of esters is 3. The number of hydrogen-bond donors (Lipinski definition) is 6. The Kier molecular flexibility index (Phi) is 10.7. The molecule has 0 radical (unpaired) electrons. The van der Waals surface area contributed by atoms with Crippen LogP contribution >= 0.6 is 0 Å². The Morgan fingerprint density at radius 3 is 2.19 bits per heavy atom. The molecular weight excluding hydrogens is 710 g/mol. The van der Waals surface area contributed by atoms with Crippen LogP contribution in [-0.4, -0.2) is 118 Å². The highest BCUT2D eigenvalue weighted by molar-refractivity contribution is 6.72.